The fourth-order valence-electron chi connectivity index (χ4n) is 2.93. The molecule has 30 heavy (non-hydrogen) atoms. The van der Waals surface area contributed by atoms with Gasteiger partial charge in [0.25, 0.3) is 0 Å². The normalized spacial score (nSPS) is 11.7. The third-order valence-electron chi connectivity index (χ3n) is 4.52. The average molecular weight is 432 g/mol. The van der Waals surface area contributed by atoms with Crippen molar-refractivity contribution in [2.75, 3.05) is 12.8 Å². The largest absolute Gasteiger partial charge is 0.441 e. The van der Waals surface area contributed by atoms with Crippen molar-refractivity contribution in [2.45, 2.75) is 44.0 Å². The highest BCUT2D eigenvalue weighted by Gasteiger charge is 2.12. The van der Waals surface area contributed by atoms with E-state index in [4.69, 9.17) is 4.42 Å². The molecule has 1 amide bonds. The minimum absolute atomic E-state index is 0.0913. The number of amides is 1. The monoisotopic (exact) mass is 431 g/mol. The number of aromatic nitrogens is 4. The van der Waals surface area contributed by atoms with E-state index in [1.807, 2.05) is 18.4 Å². The molecular formula is C20H25N5O4S. The Labute approximate surface area is 175 Å². The summed E-state index contributed by atoms with van der Waals surface area (Å²) in [5.41, 5.74) is 0.723. The van der Waals surface area contributed by atoms with Crippen LogP contribution in [0.1, 0.15) is 37.9 Å². The molecule has 0 bridgehead atoms. The van der Waals surface area contributed by atoms with E-state index in [1.54, 1.807) is 24.7 Å². The summed E-state index contributed by atoms with van der Waals surface area (Å²) in [5.74, 6) is 2.05. The maximum absolute atomic E-state index is 12.1. The number of sulfone groups is 1. The molecule has 0 saturated heterocycles. The predicted octanol–water partition coefficient (Wildman–Crippen LogP) is 2.21. The molecule has 3 rings (SSSR count). The Morgan fingerprint density at radius 3 is 2.63 bits per heavy atom. The van der Waals surface area contributed by atoms with Crippen molar-refractivity contribution in [1.29, 1.82) is 0 Å². The van der Waals surface area contributed by atoms with Crippen LogP contribution in [0.4, 0.5) is 0 Å². The van der Waals surface area contributed by atoms with Crippen molar-refractivity contribution in [2.24, 2.45) is 0 Å². The highest BCUT2D eigenvalue weighted by atomic mass is 32.2. The van der Waals surface area contributed by atoms with Gasteiger partial charge in [-0.1, -0.05) is 13.8 Å². The van der Waals surface area contributed by atoms with Crippen LogP contribution in [-0.4, -0.2) is 46.9 Å². The molecule has 0 fully saturated rings. The second-order valence-electron chi connectivity index (χ2n) is 7.30. The number of carbonyl (C=O) groups is 1. The zero-order chi connectivity index (χ0) is 21.7. The summed E-state index contributed by atoms with van der Waals surface area (Å²) in [7, 11) is -3.24. The third-order valence-corrected chi connectivity index (χ3v) is 5.65. The molecule has 9 nitrogen and oxygen atoms in total. The number of hydrogen-bond acceptors (Lipinski definition) is 7. The molecule has 0 radical (unpaired) electrons. The lowest BCUT2D eigenvalue weighted by atomic mass is 10.2. The minimum atomic E-state index is -3.24. The second kappa shape index (κ2) is 9.21. The Morgan fingerprint density at radius 2 is 1.97 bits per heavy atom. The van der Waals surface area contributed by atoms with Crippen LogP contribution >= 0.6 is 0 Å². The second-order valence-corrected chi connectivity index (χ2v) is 9.32. The summed E-state index contributed by atoms with van der Waals surface area (Å²) < 4.78 is 30.7. The predicted molar refractivity (Wildman–Crippen MR) is 110 cm³/mol. The summed E-state index contributed by atoms with van der Waals surface area (Å²) in [6.45, 7) is 5.19. The molecular weight excluding hydrogens is 406 g/mol. The average Bonchev–Trinajstić information content (AvgIpc) is 3.35. The fraction of sp³-hybridized carbons (Fsp3) is 0.400. The SMILES string of the molecule is CC(C)c1nncn1CCNC(=O)CCc1ncc(-c2ccc(S(C)(=O)=O)cc2)o1. The highest BCUT2D eigenvalue weighted by Crippen LogP contribution is 2.22. The summed E-state index contributed by atoms with van der Waals surface area (Å²) in [6.07, 6.45) is 5.03. The van der Waals surface area contributed by atoms with Crippen molar-refractivity contribution in [3.63, 3.8) is 0 Å². The molecule has 0 unspecified atom stereocenters. The molecule has 10 heteroatoms. The number of nitrogens with zero attached hydrogens (tertiary/aromatic N) is 4. The highest BCUT2D eigenvalue weighted by molar-refractivity contribution is 7.90. The van der Waals surface area contributed by atoms with E-state index < -0.39 is 9.84 Å². The summed E-state index contributed by atoms with van der Waals surface area (Å²) >= 11 is 0. The Bertz CT molecular complexity index is 1100. The molecule has 1 N–H and O–H groups in total. The van der Waals surface area contributed by atoms with E-state index in [0.717, 1.165) is 17.6 Å². The number of rotatable bonds is 9. The smallest absolute Gasteiger partial charge is 0.220 e. The van der Waals surface area contributed by atoms with E-state index in [-0.39, 0.29) is 23.1 Å². The topological polar surface area (TPSA) is 120 Å². The Morgan fingerprint density at radius 1 is 1.23 bits per heavy atom. The first kappa shape index (κ1) is 21.7. The molecule has 0 aliphatic rings. The molecule has 3 aromatic rings. The molecule has 0 atom stereocenters. The molecule has 0 aliphatic carbocycles. The van der Waals surface area contributed by atoms with Gasteiger partial charge in [-0.2, -0.15) is 0 Å². The van der Waals surface area contributed by atoms with Crippen LogP contribution in [0.15, 0.2) is 46.1 Å². The number of carbonyl (C=O) groups excluding carboxylic acids is 1. The standard InChI is InChI=1S/C20H25N5O4S/c1-14(2)20-24-23-13-25(20)11-10-21-18(26)8-9-19-22-12-17(29-19)15-4-6-16(7-5-15)30(3,27)28/h4-7,12-14H,8-11H2,1-3H3,(H,21,26). The maximum atomic E-state index is 12.1. The lowest BCUT2D eigenvalue weighted by molar-refractivity contribution is -0.121. The number of nitrogens with one attached hydrogen (secondary N) is 1. The summed E-state index contributed by atoms with van der Waals surface area (Å²) in [6, 6.07) is 6.40. The minimum Gasteiger partial charge on any atom is -0.441 e. The Hall–Kier alpha value is -3.01. The van der Waals surface area contributed by atoms with Crippen molar-refractivity contribution >= 4 is 15.7 Å². The van der Waals surface area contributed by atoms with Crippen LogP contribution in [-0.2, 0) is 27.6 Å². The third kappa shape index (κ3) is 5.53. The van der Waals surface area contributed by atoms with Crippen LogP contribution in [0.25, 0.3) is 11.3 Å². The number of benzene rings is 1. The van der Waals surface area contributed by atoms with E-state index in [1.165, 1.54) is 12.1 Å². The van der Waals surface area contributed by atoms with Crippen molar-refractivity contribution in [3.8, 4) is 11.3 Å². The van der Waals surface area contributed by atoms with Gasteiger partial charge in [-0.15, -0.1) is 10.2 Å². The van der Waals surface area contributed by atoms with Gasteiger partial charge in [0.05, 0.1) is 11.1 Å². The van der Waals surface area contributed by atoms with Gasteiger partial charge in [0, 0.05) is 43.7 Å². The van der Waals surface area contributed by atoms with Gasteiger partial charge in [-0.3, -0.25) is 4.79 Å². The van der Waals surface area contributed by atoms with Crippen molar-refractivity contribution in [3.05, 3.63) is 48.5 Å². The lowest BCUT2D eigenvalue weighted by Gasteiger charge is -2.09. The van der Waals surface area contributed by atoms with E-state index >= 15 is 0 Å². The maximum Gasteiger partial charge on any atom is 0.220 e. The molecule has 1 aromatic carbocycles. The van der Waals surface area contributed by atoms with E-state index in [2.05, 4.69) is 20.5 Å². The molecule has 0 aliphatic heterocycles. The first-order chi connectivity index (χ1) is 14.2. The van der Waals surface area contributed by atoms with E-state index in [0.29, 0.717) is 31.2 Å². The van der Waals surface area contributed by atoms with Crippen LogP contribution < -0.4 is 5.32 Å². The van der Waals surface area contributed by atoms with Crippen LogP contribution in [0, 0.1) is 0 Å². The number of oxazole rings is 1. The Balaban J connectivity index is 1.48. The first-order valence-corrected chi connectivity index (χ1v) is 11.5. The van der Waals surface area contributed by atoms with Crippen molar-refractivity contribution < 1.29 is 17.6 Å². The zero-order valence-electron chi connectivity index (χ0n) is 17.2. The van der Waals surface area contributed by atoms with Gasteiger partial charge >= 0.3 is 0 Å². The van der Waals surface area contributed by atoms with Gasteiger partial charge in [-0.25, -0.2) is 13.4 Å². The van der Waals surface area contributed by atoms with Gasteiger partial charge in [0.1, 0.15) is 12.2 Å². The molecule has 0 spiro atoms. The van der Waals surface area contributed by atoms with Gasteiger partial charge in [-0.05, 0) is 24.3 Å². The summed E-state index contributed by atoms with van der Waals surface area (Å²) in [5, 5.41) is 10.9. The van der Waals surface area contributed by atoms with E-state index in [9.17, 15) is 13.2 Å². The number of aryl methyl sites for hydroxylation is 1. The van der Waals surface area contributed by atoms with Crippen LogP contribution in [0.3, 0.4) is 0 Å². The zero-order valence-corrected chi connectivity index (χ0v) is 18.0. The van der Waals surface area contributed by atoms with Crippen LogP contribution in [0.5, 0.6) is 0 Å². The molecule has 2 aromatic heterocycles. The summed E-state index contributed by atoms with van der Waals surface area (Å²) in [4.78, 5) is 16.5. The molecule has 0 saturated carbocycles. The number of hydrogen-bond donors (Lipinski definition) is 1. The van der Waals surface area contributed by atoms with Crippen LogP contribution in [0.2, 0.25) is 0 Å². The van der Waals surface area contributed by atoms with Crippen molar-refractivity contribution in [1.82, 2.24) is 25.1 Å². The lowest BCUT2D eigenvalue weighted by Crippen LogP contribution is -2.27. The van der Waals surface area contributed by atoms with Gasteiger partial charge in [0.15, 0.2) is 21.5 Å². The van der Waals surface area contributed by atoms with Gasteiger partial charge < -0.3 is 14.3 Å². The molecule has 160 valence electrons. The molecule has 2 heterocycles. The Kier molecular flexibility index (Phi) is 6.66. The quantitative estimate of drug-likeness (QED) is 0.551. The van der Waals surface area contributed by atoms with Gasteiger partial charge in [0.2, 0.25) is 5.91 Å². The fourth-order valence-corrected chi connectivity index (χ4v) is 3.56. The first-order valence-electron chi connectivity index (χ1n) is 9.63.